The number of nitrogens with zero attached hydrogens (tertiary/aromatic N) is 1. The van der Waals surface area contributed by atoms with E-state index in [1.165, 1.54) is 5.56 Å². The maximum absolute atomic E-state index is 11.7. The average Bonchev–Trinajstić information content (AvgIpc) is 2.23. The van der Waals surface area contributed by atoms with Crippen LogP contribution in [0.1, 0.15) is 36.4 Å². The van der Waals surface area contributed by atoms with E-state index in [1.807, 2.05) is 26.2 Å². The lowest BCUT2D eigenvalue weighted by molar-refractivity contribution is -0.161. The van der Waals surface area contributed by atoms with E-state index in [-0.39, 0.29) is 6.04 Å². The van der Waals surface area contributed by atoms with E-state index >= 15 is 0 Å². The van der Waals surface area contributed by atoms with Gasteiger partial charge in [0.25, 0.3) is 0 Å². The summed E-state index contributed by atoms with van der Waals surface area (Å²) in [6.45, 7) is 2.06. The highest BCUT2D eigenvalue weighted by molar-refractivity contribution is 5.77. The summed E-state index contributed by atoms with van der Waals surface area (Å²) in [5.41, 5.74) is 1.71. The summed E-state index contributed by atoms with van der Waals surface area (Å²) < 4.78 is 0. The first-order valence-corrected chi connectivity index (χ1v) is 6.44. The van der Waals surface area contributed by atoms with Crippen molar-refractivity contribution >= 4 is 5.97 Å². The van der Waals surface area contributed by atoms with Crippen molar-refractivity contribution in [3.8, 4) is 0 Å². The SMILES string of the molecule is Cc1ccccc1C(N(C)C)C1(C(=O)O)CCC1. The van der Waals surface area contributed by atoms with Gasteiger partial charge in [0.2, 0.25) is 0 Å². The van der Waals surface area contributed by atoms with E-state index in [9.17, 15) is 9.90 Å². The normalized spacial score (nSPS) is 19.3. The first kappa shape index (κ1) is 13.1. The lowest BCUT2D eigenvalue weighted by Crippen LogP contribution is -2.48. The predicted octanol–water partition coefficient (Wildman–Crippen LogP) is 2.85. The molecule has 1 atom stereocenters. The van der Waals surface area contributed by atoms with Gasteiger partial charge in [-0.15, -0.1) is 0 Å². The Morgan fingerprint density at radius 2 is 1.94 bits per heavy atom. The fourth-order valence-electron chi connectivity index (χ4n) is 3.13. The van der Waals surface area contributed by atoms with Gasteiger partial charge in [-0.3, -0.25) is 4.79 Å². The van der Waals surface area contributed by atoms with Crippen molar-refractivity contribution in [2.24, 2.45) is 5.41 Å². The monoisotopic (exact) mass is 247 g/mol. The molecule has 2 rings (SSSR count). The maximum atomic E-state index is 11.7. The lowest BCUT2D eigenvalue weighted by Gasteiger charge is -2.47. The minimum atomic E-state index is -0.657. The Balaban J connectivity index is 2.47. The molecule has 98 valence electrons. The van der Waals surface area contributed by atoms with E-state index < -0.39 is 11.4 Å². The first-order chi connectivity index (χ1) is 8.49. The van der Waals surface area contributed by atoms with Crippen molar-refractivity contribution in [3.05, 3.63) is 35.4 Å². The summed E-state index contributed by atoms with van der Waals surface area (Å²) in [6.07, 6.45) is 2.57. The Labute approximate surface area is 108 Å². The summed E-state index contributed by atoms with van der Waals surface area (Å²) >= 11 is 0. The summed E-state index contributed by atoms with van der Waals surface area (Å²) in [4.78, 5) is 13.8. The minimum absolute atomic E-state index is 0.0371. The molecular formula is C15H21NO2. The molecule has 1 aliphatic carbocycles. The van der Waals surface area contributed by atoms with Gasteiger partial charge in [-0.2, -0.15) is 0 Å². The average molecular weight is 247 g/mol. The smallest absolute Gasteiger partial charge is 0.311 e. The number of hydrogen-bond acceptors (Lipinski definition) is 2. The molecular weight excluding hydrogens is 226 g/mol. The molecule has 1 aromatic rings. The Bertz CT molecular complexity index is 450. The van der Waals surface area contributed by atoms with Crippen LogP contribution in [0.15, 0.2) is 24.3 Å². The Hall–Kier alpha value is -1.35. The van der Waals surface area contributed by atoms with Crippen molar-refractivity contribution in [2.75, 3.05) is 14.1 Å². The molecule has 0 amide bonds. The van der Waals surface area contributed by atoms with E-state index in [0.29, 0.717) is 0 Å². The van der Waals surface area contributed by atoms with Crippen LogP contribution in [0.2, 0.25) is 0 Å². The summed E-state index contributed by atoms with van der Waals surface area (Å²) in [5, 5.41) is 9.63. The van der Waals surface area contributed by atoms with Gasteiger partial charge in [0.15, 0.2) is 0 Å². The highest BCUT2D eigenvalue weighted by Gasteiger charge is 2.52. The van der Waals surface area contributed by atoms with Gasteiger partial charge < -0.3 is 10.0 Å². The van der Waals surface area contributed by atoms with E-state index in [1.54, 1.807) is 0 Å². The number of carboxylic acid groups (broad SMARTS) is 1. The molecule has 3 heteroatoms. The summed E-state index contributed by atoms with van der Waals surface area (Å²) in [7, 11) is 3.94. The second-order valence-corrected chi connectivity index (χ2v) is 5.54. The van der Waals surface area contributed by atoms with Gasteiger partial charge in [-0.1, -0.05) is 30.7 Å². The van der Waals surface area contributed by atoms with E-state index in [0.717, 1.165) is 24.8 Å². The highest BCUT2D eigenvalue weighted by atomic mass is 16.4. The summed E-state index contributed by atoms with van der Waals surface area (Å²) in [6, 6.07) is 8.07. The van der Waals surface area contributed by atoms with Crippen LogP contribution in [0.5, 0.6) is 0 Å². The fourth-order valence-corrected chi connectivity index (χ4v) is 3.13. The Kier molecular flexibility index (Phi) is 3.44. The van der Waals surface area contributed by atoms with Crippen LogP contribution in [0.25, 0.3) is 0 Å². The Morgan fingerprint density at radius 3 is 2.33 bits per heavy atom. The minimum Gasteiger partial charge on any atom is -0.481 e. The van der Waals surface area contributed by atoms with Gasteiger partial charge in [-0.05, 0) is 45.0 Å². The fraction of sp³-hybridized carbons (Fsp3) is 0.533. The molecule has 0 heterocycles. The molecule has 1 aliphatic rings. The molecule has 0 saturated heterocycles. The zero-order valence-corrected chi connectivity index (χ0v) is 11.3. The molecule has 18 heavy (non-hydrogen) atoms. The van der Waals surface area contributed by atoms with Gasteiger partial charge >= 0.3 is 5.97 Å². The summed E-state index contributed by atoms with van der Waals surface area (Å²) in [5.74, 6) is -0.657. The van der Waals surface area contributed by atoms with Crippen LogP contribution < -0.4 is 0 Å². The third kappa shape index (κ3) is 1.93. The van der Waals surface area contributed by atoms with Crippen molar-refractivity contribution in [1.29, 1.82) is 0 Å². The third-order valence-corrected chi connectivity index (χ3v) is 4.19. The predicted molar refractivity (Wildman–Crippen MR) is 71.5 cm³/mol. The van der Waals surface area contributed by atoms with Crippen molar-refractivity contribution < 1.29 is 9.90 Å². The van der Waals surface area contributed by atoms with Gasteiger partial charge in [-0.25, -0.2) is 0 Å². The molecule has 1 fully saturated rings. The third-order valence-electron chi connectivity index (χ3n) is 4.19. The highest BCUT2D eigenvalue weighted by Crippen LogP contribution is 2.52. The van der Waals surface area contributed by atoms with Crippen molar-refractivity contribution in [3.63, 3.8) is 0 Å². The van der Waals surface area contributed by atoms with Crippen LogP contribution in [0.4, 0.5) is 0 Å². The molecule has 0 aliphatic heterocycles. The van der Waals surface area contributed by atoms with Crippen LogP contribution in [-0.2, 0) is 4.79 Å². The topological polar surface area (TPSA) is 40.5 Å². The second-order valence-electron chi connectivity index (χ2n) is 5.54. The van der Waals surface area contributed by atoms with Crippen molar-refractivity contribution in [2.45, 2.75) is 32.2 Å². The van der Waals surface area contributed by atoms with Crippen LogP contribution in [0.3, 0.4) is 0 Å². The lowest BCUT2D eigenvalue weighted by atomic mass is 9.61. The molecule has 0 aromatic heterocycles. The van der Waals surface area contributed by atoms with Crippen LogP contribution in [0, 0.1) is 12.3 Å². The Morgan fingerprint density at radius 1 is 1.33 bits per heavy atom. The molecule has 3 nitrogen and oxygen atoms in total. The number of benzene rings is 1. The van der Waals surface area contributed by atoms with Gasteiger partial charge in [0.1, 0.15) is 0 Å². The number of carboxylic acids is 1. The second kappa shape index (κ2) is 4.73. The molecule has 0 bridgehead atoms. The molecule has 1 N–H and O–H groups in total. The largest absolute Gasteiger partial charge is 0.481 e. The maximum Gasteiger partial charge on any atom is 0.311 e. The number of aliphatic carboxylic acids is 1. The van der Waals surface area contributed by atoms with Crippen molar-refractivity contribution in [1.82, 2.24) is 4.90 Å². The molecule has 1 saturated carbocycles. The quantitative estimate of drug-likeness (QED) is 0.889. The molecule has 0 radical (unpaired) electrons. The molecule has 0 spiro atoms. The zero-order valence-electron chi connectivity index (χ0n) is 11.3. The first-order valence-electron chi connectivity index (χ1n) is 6.44. The van der Waals surface area contributed by atoms with Gasteiger partial charge in [0, 0.05) is 0 Å². The zero-order chi connectivity index (χ0) is 13.3. The number of rotatable bonds is 4. The molecule has 1 aromatic carbocycles. The van der Waals surface area contributed by atoms with Crippen LogP contribution in [-0.4, -0.2) is 30.1 Å². The number of aryl methyl sites for hydroxylation is 1. The molecule has 1 unspecified atom stereocenters. The van der Waals surface area contributed by atoms with E-state index in [2.05, 4.69) is 24.0 Å². The van der Waals surface area contributed by atoms with Crippen LogP contribution >= 0.6 is 0 Å². The number of carbonyl (C=O) groups is 1. The number of hydrogen-bond donors (Lipinski definition) is 1. The van der Waals surface area contributed by atoms with E-state index in [4.69, 9.17) is 0 Å². The standard InChI is InChI=1S/C15H21NO2/c1-11-7-4-5-8-12(11)13(16(2)3)15(14(17)18)9-6-10-15/h4-5,7-8,13H,6,9-10H2,1-3H3,(H,17,18). The van der Waals surface area contributed by atoms with Gasteiger partial charge in [0.05, 0.1) is 11.5 Å².